The molecule has 28 heavy (non-hydrogen) atoms. The molecule has 0 atom stereocenters. The Labute approximate surface area is 203 Å². The maximum Gasteiger partial charge on any atom is 4.00 e. The standard InChI is InChI=1S/C13H26NSSi2.2C5H5.Zr/c1-11(12(2)15)14-9-13(17(6,7)8)10-16(3,4)5;2*1-2-4-5-3-1;/h9,15H,1-8H3;2*1-5H;/q-1;;;+4/p-1/b12-11-,14-9?;;;. The molecule has 148 valence electrons. The van der Waals surface area contributed by atoms with Crippen LogP contribution in [-0.4, -0.2) is 22.4 Å². The zero-order chi connectivity index (χ0) is 20.9. The molecule has 0 aliphatic heterocycles. The minimum Gasteiger partial charge on any atom is -0.782 e. The van der Waals surface area contributed by atoms with E-state index in [0.717, 1.165) is 10.6 Å². The molecule has 0 amide bonds. The largest absolute Gasteiger partial charge is 4.00 e. The van der Waals surface area contributed by atoms with Gasteiger partial charge in [0.15, 0.2) is 0 Å². The molecular formula is C23H35NSSi2Zr+2. The fourth-order valence-electron chi connectivity index (χ4n) is 1.71. The van der Waals surface area contributed by atoms with Crippen molar-refractivity contribution in [3.8, 4) is 0 Å². The Morgan fingerprint density at radius 2 is 1.07 bits per heavy atom. The second-order valence-electron chi connectivity index (χ2n) is 8.36. The van der Waals surface area contributed by atoms with Crippen molar-refractivity contribution in [2.24, 2.45) is 4.99 Å². The summed E-state index contributed by atoms with van der Waals surface area (Å²) in [5.74, 6) is 0. The second kappa shape index (κ2) is 16.4. The van der Waals surface area contributed by atoms with Gasteiger partial charge in [-0.3, -0.25) is 5.70 Å². The predicted octanol–water partition coefficient (Wildman–Crippen LogP) is 6.38. The third-order valence-corrected chi connectivity index (χ3v) is 6.76. The monoisotopic (exact) mass is 503 g/mol. The smallest absolute Gasteiger partial charge is 0.782 e. The van der Waals surface area contributed by atoms with Crippen LogP contribution >= 0.6 is 0 Å². The SMILES string of the molecule is C/C([S-])=C(\C)N=CC(=[C-][Si](C)(C)C)[Si](C)(C)C.[CH]1[CH][CH][CH][CH]1.[CH]1[CH][CH][CH][CH]1.[Zr+4]. The van der Waals surface area contributed by atoms with Crippen LogP contribution in [0.2, 0.25) is 39.3 Å². The number of allylic oxidation sites excluding steroid dienone is 3. The summed E-state index contributed by atoms with van der Waals surface area (Å²) >= 11 is 5.11. The van der Waals surface area contributed by atoms with Gasteiger partial charge in [0.05, 0.1) is 0 Å². The van der Waals surface area contributed by atoms with E-state index in [1.54, 1.807) is 0 Å². The van der Waals surface area contributed by atoms with Crippen molar-refractivity contribution < 1.29 is 26.2 Å². The Balaban J connectivity index is 0. The first kappa shape index (κ1) is 30.9. The van der Waals surface area contributed by atoms with Crippen LogP contribution in [0.3, 0.4) is 0 Å². The Morgan fingerprint density at radius 3 is 1.29 bits per heavy atom. The number of hydrogen-bond acceptors (Lipinski definition) is 2. The number of hydrogen-bond donors (Lipinski definition) is 0. The van der Waals surface area contributed by atoms with Gasteiger partial charge in [0.2, 0.25) is 0 Å². The van der Waals surface area contributed by atoms with E-state index in [1.165, 1.54) is 5.20 Å². The predicted molar refractivity (Wildman–Crippen MR) is 131 cm³/mol. The number of rotatable bonds is 4. The second-order valence-corrected chi connectivity index (χ2v) is 18.8. The van der Waals surface area contributed by atoms with Crippen LogP contribution in [0, 0.1) is 69.9 Å². The van der Waals surface area contributed by atoms with Crippen LogP contribution in [0.4, 0.5) is 0 Å². The van der Waals surface area contributed by atoms with Crippen LogP contribution < -0.4 is 0 Å². The molecule has 2 fully saturated rings. The normalized spacial score (nSPS) is 18.5. The van der Waals surface area contributed by atoms with Gasteiger partial charge in [-0.15, -0.1) is 6.21 Å². The molecule has 10 radical (unpaired) electrons. The van der Waals surface area contributed by atoms with E-state index >= 15 is 0 Å². The van der Waals surface area contributed by atoms with E-state index in [2.05, 4.69) is 50.0 Å². The summed E-state index contributed by atoms with van der Waals surface area (Å²) in [6.07, 6.45) is 22.0. The first-order valence-corrected chi connectivity index (χ1v) is 16.7. The fraction of sp³-hybridized carbons (Fsp3) is 0.348. The van der Waals surface area contributed by atoms with Gasteiger partial charge < -0.3 is 17.6 Å². The van der Waals surface area contributed by atoms with E-state index in [-0.39, 0.29) is 26.2 Å². The molecule has 0 saturated heterocycles. The third kappa shape index (κ3) is 18.7. The molecule has 5 heteroatoms. The van der Waals surface area contributed by atoms with Crippen molar-refractivity contribution in [1.82, 2.24) is 0 Å². The number of nitrogens with zero attached hydrogens (tertiary/aromatic N) is 1. The molecule has 0 unspecified atom stereocenters. The van der Waals surface area contributed by atoms with Crippen molar-refractivity contribution in [2.45, 2.75) is 53.1 Å². The van der Waals surface area contributed by atoms with Gasteiger partial charge in [-0.05, 0) is 84.9 Å². The Hall–Kier alpha value is 0.687. The van der Waals surface area contributed by atoms with E-state index in [1.807, 2.05) is 84.3 Å². The summed E-state index contributed by atoms with van der Waals surface area (Å²) in [4.78, 5) is 5.35. The molecule has 2 aliphatic rings. The molecule has 2 rings (SSSR count). The van der Waals surface area contributed by atoms with Gasteiger partial charge in [0, 0.05) is 8.07 Å². The Morgan fingerprint density at radius 1 is 0.750 bits per heavy atom. The molecule has 0 spiro atoms. The summed E-state index contributed by atoms with van der Waals surface area (Å²) in [7, 11) is -2.68. The van der Waals surface area contributed by atoms with E-state index in [0.29, 0.717) is 0 Å². The summed E-state index contributed by atoms with van der Waals surface area (Å²) < 4.78 is 0. The maximum atomic E-state index is 5.11. The summed E-state index contributed by atoms with van der Waals surface area (Å²) in [6.45, 7) is 17.8. The Bertz CT molecular complexity index is 462. The minimum atomic E-state index is -1.36. The van der Waals surface area contributed by atoms with Crippen LogP contribution in [0.25, 0.3) is 0 Å². The van der Waals surface area contributed by atoms with E-state index in [9.17, 15) is 0 Å². The summed E-state index contributed by atoms with van der Waals surface area (Å²) in [6, 6.07) is 0. The van der Waals surface area contributed by atoms with Crippen LogP contribution in [0.1, 0.15) is 13.8 Å². The van der Waals surface area contributed by atoms with Crippen molar-refractivity contribution in [3.63, 3.8) is 0 Å². The van der Waals surface area contributed by atoms with Crippen molar-refractivity contribution in [3.05, 3.63) is 85.7 Å². The van der Waals surface area contributed by atoms with Gasteiger partial charge in [-0.2, -0.15) is 4.91 Å². The van der Waals surface area contributed by atoms with Gasteiger partial charge in [-0.25, -0.2) is 5.20 Å². The molecule has 2 saturated carbocycles. The van der Waals surface area contributed by atoms with Crippen molar-refractivity contribution >= 4 is 35.0 Å². The van der Waals surface area contributed by atoms with Crippen molar-refractivity contribution in [2.75, 3.05) is 0 Å². The molecule has 0 bridgehead atoms. The first-order valence-electron chi connectivity index (χ1n) is 9.31. The topological polar surface area (TPSA) is 12.4 Å². The zero-order valence-corrected chi connectivity index (χ0v) is 24.0. The van der Waals surface area contributed by atoms with Crippen molar-refractivity contribution in [1.29, 1.82) is 0 Å². The van der Waals surface area contributed by atoms with Gasteiger partial charge in [0.1, 0.15) is 0 Å². The van der Waals surface area contributed by atoms with E-state index < -0.39 is 16.1 Å². The molecule has 0 aromatic rings. The third-order valence-electron chi connectivity index (χ3n) is 3.33. The molecule has 0 aromatic heterocycles. The average molecular weight is 505 g/mol. The summed E-state index contributed by atoms with van der Waals surface area (Å²) in [5.41, 5.74) is 4.64. The van der Waals surface area contributed by atoms with E-state index in [4.69, 9.17) is 12.6 Å². The molecular weight excluding hydrogens is 470 g/mol. The molecule has 2 aliphatic carbocycles. The summed E-state index contributed by atoms with van der Waals surface area (Å²) in [5, 5.41) is 1.33. The Kier molecular flexibility index (Phi) is 18.1. The molecule has 0 N–H and O–H groups in total. The maximum absolute atomic E-state index is 5.11. The van der Waals surface area contributed by atoms with Gasteiger partial charge in [0.25, 0.3) is 0 Å². The van der Waals surface area contributed by atoms with Gasteiger partial charge in [-0.1, -0.05) is 46.2 Å². The fourth-order valence-corrected chi connectivity index (χ4v) is 5.71. The average Bonchev–Trinajstić information content (AvgIpc) is 3.26. The zero-order valence-electron chi connectivity index (χ0n) is 18.7. The van der Waals surface area contributed by atoms with Crippen LogP contribution in [-0.2, 0) is 38.8 Å². The molecule has 0 heterocycles. The van der Waals surface area contributed by atoms with Gasteiger partial charge >= 0.3 is 26.2 Å². The van der Waals surface area contributed by atoms with Crippen LogP contribution in [0.5, 0.6) is 0 Å². The quantitative estimate of drug-likeness (QED) is 0.187. The molecule has 1 nitrogen and oxygen atoms in total. The molecule has 0 aromatic carbocycles. The minimum absolute atomic E-state index is 0. The first-order chi connectivity index (χ1) is 12.4. The van der Waals surface area contributed by atoms with Crippen LogP contribution in [0.15, 0.2) is 20.8 Å². The number of aliphatic imine (C=N–C) groups is 1.